The second-order valence-corrected chi connectivity index (χ2v) is 4.92. The number of ether oxygens (including phenoxy) is 1. The van der Waals surface area contributed by atoms with Crippen LogP contribution in [0.3, 0.4) is 0 Å². The van der Waals surface area contributed by atoms with Crippen molar-refractivity contribution in [3.8, 4) is 0 Å². The lowest BCUT2D eigenvalue weighted by Gasteiger charge is -2.17. The molecule has 0 aliphatic carbocycles. The van der Waals surface area contributed by atoms with Crippen LogP contribution in [-0.2, 0) is 16.0 Å². The molecule has 0 aliphatic rings. The molecule has 3 nitrogen and oxygen atoms in total. The third kappa shape index (κ3) is 6.08. The Morgan fingerprint density at radius 2 is 2.05 bits per heavy atom. The van der Waals surface area contributed by atoms with Crippen molar-refractivity contribution in [1.82, 2.24) is 4.90 Å². The Labute approximate surface area is 120 Å². The van der Waals surface area contributed by atoms with Crippen molar-refractivity contribution in [1.29, 1.82) is 0 Å². The lowest BCUT2D eigenvalue weighted by molar-refractivity contribution is -0.130. The van der Waals surface area contributed by atoms with Crippen LogP contribution < -0.4 is 0 Å². The minimum atomic E-state index is 0.151. The number of amides is 1. The molecule has 0 radical (unpaired) electrons. The maximum Gasteiger partial charge on any atom is 0.222 e. The van der Waals surface area contributed by atoms with Gasteiger partial charge >= 0.3 is 0 Å². The number of aryl methyl sites for hydroxylation is 2. The predicted molar refractivity (Wildman–Crippen MR) is 78.7 cm³/mol. The third-order valence-corrected chi connectivity index (χ3v) is 3.24. The van der Waals surface area contributed by atoms with E-state index in [1.807, 2.05) is 19.2 Å². The molecule has 0 bridgehead atoms. The van der Waals surface area contributed by atoms with Crippen LogP contribution >= 0.6 is 11.6 Å². The highest BCUT2D eigenvalue weighted by atomic mass is 35.5. The number of benzene rings is 1. The Bertz CT molecular complexity index is 395. The summed E-state index contributed by atoms with van der Waals surface area (Å²) in [4.78, 5) is 13.7. The highest BCUT2D eigenvalue weighted by molar-refractivity contribution is 6.17. The van der Waals surface area contributed by atoms with Gasteiger partial charge in [-0.25, -0.2) is 0 Å². The van der Waals surface area contributed by atoms with Gasteiger partial charge in [-0.2, -0.15) is 0 Å². The van der Waals surface area contributed by atoms with E-state index in [-0.39, 0.29) is 5.91 Å². The van der Waals surface area contributed by atoms with Crippen molar-refractivity contribution in [2.24, 2.45) is 0 Å². The summed E-state index contributed by atoms with van der Waals surface area (Å²) in [7, 11) is 1.81. The summed E-state index contributed by atoms with van der Waals surface area (Å²) < 4.78 is 5.26. The fourth-order valence-electron chi connectivity index (χ4n) is 1.81. The van der Waals surface area contributed by atoms with E-state index in [9.17, 15) is 4.79 Å². The molecule has 4 heteroatoms. The van der Waals surface area contributed by atoms with Gasteiger partial charge in [0.1, 0.15) is 0 Å². The van der Waals surface area contributed by atoms with Crippen LogP contribution in [0.5, 0.6) is 0 Å². The monoisotopic (exact) mass is 283 g/mol. The highest BCUT2D eigenvalue weighted by Gasteiger charge is 2.09. The number of carbonyl (C=O) groups excluding carboxylic acids is 1. The maximum absolute atomic E-state index is 11.9. The van der Waals surface area contributed by atoms with Crippen LogP contribution in [0.25, 0.3) is 0 Å². The molecule has 0 saturated carbocycles. The number of halogens is 1. The molecule has 1 amide bonds. The third-order valence-electron chi connectivity index (χ3n) is 3.09. The van der Waals surface area contributed by atoms with E-state index in [1.165, 1.54) is 11.1 Å². The van der Waals surface area contributed by atoms with Gasteiger partial charge in [-0.1, -0.05) is 24.3 Å². The predicted octanol–water partition coefficient (Wildman–Crippen LogP) is 2.64. The number of hydrogen-bond donors (Lipinski definition) is 0. The van der Waals surface area contributed by atoms with Crippen molar-refractivity contribution >= 4 is 17.5 Å². The topological polar surface area (TPSA) is 29.5 Å². The summed E-state index contributed by atoms with van der Waals surface area (Å²) in [5, 5.41) is 0. The smallest absolute Gasteiger partial charge is 0.222 e. The molecular formula is C15H22ClNO2. The largest absolute Gasteiger partial charge is 0.378 e. The van der Waals surface area contributed by atoms with Crippen LogP contribution in [0.15, 0.2) is 24.3 Å². The number of rotatable bonds is 8. The van der Waals surface area contributed by atoms with Gasteiger partial charge < -0.3 is 9.64 Å². The minimum Gasteiger partial charge on any atom is -0.378 e. The van der Waals surface area contributed by atoms with Crippen LogP contribution in [0.2, 0.25) is 0 Å². The summed E-state index contributed by atoms with van der Waals surface area (Å²) >= 11 is 5.51. The van der Waals surface area contributed by atoms with Crippen LogP contribution in [0.4, 0.5) is 0 Å². The molecule has 0 aliphatic heterocycles. The normalized spacial score (nSPS) is 10.5. The summed E-state index contributed by atoms with van der Waals surface area (Å²) in [5.41, 5.74) is 2.48. The molecule has 0 unspecified atom stereocenters. The standard InChI is InChI=1S/C15H22ClNO2/c1-13-5-3-4-6-14(13)7-8-15(18)17(2)10-12-19-11-9-16/h3-6H,7-12H2,1-2H3. The zero-order valence-corrected chi connectivity index (χ0v) is 12.4. The van der Waals surface area contributed by atoms with Crippen molar-refractivity contribution in [2.45, 2.75) is 19.8 Å². The zero-order chi connectivity index (χ0) is 14.1. The van der Waals surface area contributed by atoms with E-state index in [0.29, 0.717) is 32.1 Å². The number of alkyl halides is 1. The molecule has 0 fully saturated rings. The first-order valence-electron chi connectivity index (χ1n) is 6.57. The van der Waals surface area contributed by atoms with Gasteiger partial charge in [-0.3, -0.25) is 4.79 Å². The SMILES string of the molecule is Cc1ccccc1CCC(=O)N(C)CCOCCCl. The minimum absolute atomic E-state index is 0.151. The van der Waals surface area contributed by atoms with Crippen LogP contribution in [0.1, 0.15) is 17.5 Å². The summed E-state index contributed by atoms with van der Waals surface area (Å²) in [6.45, 7) is 3.76. The van der Waals surface area contributed by atoms with Gasteiger partial charge in [0.15, 0.2) is 0 Å². The first kappa shape index (κ1) is 16.0. The van der Waals surface area contributed by atoms with E-state index in [1.54, 1.807) is 4.90 Å². The quantitative estimate of drug-likeness (QED) is 0.542. The van der Waals surface area contributed by atoms with Crippen molar-refractivity contribution in [3.63, 3.8) is 0 Å². The molecule has 1 aromatic rings. The molecule has 0 saturated heterocycles. The van der Waals surface area contributed by atoms with Crippen molar-refractivity contribution in [3.05, 3.63) is 35.4 Å². The van der Waals surface area contributed by atoms with Gasteiger partial charge in [0.25, 0.3) is 0 Å². The van der Waals surface area contributed by atoms with E-state index in [0.717, 1.165) is 6.42 Å². The van der Waals surface area contributed by atoms with Crippen molar-refractivity contribution < 1.29 is 9.53 Å². The molecule has 1 aromatic carbocycles. The number of nitrogens with zero attached hydrogens (tertiary/aromatic N) is 1. The molecule has 106 valence electrons. The van der Waals surface area contributed by atoms with Crippen LogP contribution in [0, 0.1) is 6.92 Å². The fraction of sp³-hybridized carbons (Fsp3) is 0.533. The number of hydrogen-bond acceptors (Lipinski definition) is 2. The number of likely N-dealkylation sites (N-methyl/N-ethyl adjacent to an activating group) is 1. The zero-order valence-electron chi connectivity index (χ0n) is 11.7. The van der Waals surface area contributed by atoms with Crippen molar-refractivity contribution in [2.75, 3.05) is 32.7 Å². The first-order chi connectivity index (χ1) is 9.15. The first-order valence-corrected chi connectivity index (χ1v) is 7.10. The van der Waals surface area contributed by atoms with E-state index < -0.39 is 0 Å². The summed E-state index contributed by atoms with van der Waals surface area (Å²) in [6.07, 6.45) is 1.33. The number of carbonyl (C=O) groups is 1. The Morgan fingerprint density at radius 3 is 2.74 bits per heavy atom. The molecule has 19 heavy (non-hydrogen) atoms. The van der Waals surface area contributed by atoms with E-state index in [2.05, 4.69) is 19.1 Å². The second kappa shape index (κ2) is 8.94. The Morgan fingerprint density at radius 1 is 1.32 bits per heavy atom. The molecule has 0 spiro atoms. The van der Waals surface area contributed by atoms with Gasteiger partial charge in [0.05, 0.1) is 13.2 Å². The molecule has 0 aromatic heterocycles. The van der Waals surface area contributed by atoms with Gasteiger partial charge in [0.2, 0.25) is 5.91 Å². The average molecular weight is 284 g/mol. The summed E-state index contributed by atoms with van der Waals surface area (Å²) in [6, 6.07) is 8.17. The Hall–Kier alpha value is -1.06. The molecule has 0 N–H and O–H groups in total. The molecule has 0 atom stereocenters. The lowest BCUT2D eigenvalue weighted by atomic mass is 10.0. The second-order valence-electron chi connectivity index (χ2n) is 4.54. The Balaban J connectivity index is 2.28. The van der Waals surface area contributed by atoms with E-state index >= 15 is 0 Å². The summed E-state index contributed by atoms with van der Waals surface area (Å²) in [5.74, 6) is 0.642. The van der Waals surface area contributed by atoms with Gasteiger partial charge in [0, 0.05) is 25.9 Å². The fourth-order valence-corrected chi connectivity index (χ4v) is 1.91. The average Bonchev–Trinajstić information content (AvgIpc) is 2.42. The van der Waals surface area contributed by atoms with E-state index in [4.69, 9.17) is 16.3 Å². The maximum atomic E-state index is 11.9. The van der Waals surface area contributed by atoms with Gasteiger partial charge in [-0.15, -0.1) is 11.6 Å². The van der Waals surface area contributed by atoms with Gasteiger partial charge in [-0.05, 0) is 24.5 Å². The molecule has 1 rings (SSSR count). The highest BCUT2D eigenvalue weighted by Crippen LogP contribution is 2.10. The molecular weight excluding hydrogens is 262 g/mol. The molecule has 0 heterocycles. The lowest BCUT2D eigenvalue weighted by Crippen LogP contribution is -2.30. The van der Waals surface area contributed by atoms with Crippen LogP contribution in [-0.4, -0.2) is 43.5 Å². The Kier molecular flexibility index (Phi) is 7.53.